The molecule has 0 bridgehead atoms. The highest BCUT2D eigenvalue weighted by molar-refractivity contribution is 14.1. The van der Waals surface area contributed by atoms with Gasteiger partial charge in [-0.05, 0) is 34.7 Å². The van der Waals surface area contributed by atoms with Crippen LogP contribution in [0.5, 0.6) is 5.75 Å². The van der Waals surface area contributed by atoms with E-state index in [4.69, 9.17) is 22.7 Å². The van der Waals surface area contributed by atoms with Gasteiger partial charge in [0.05, 0.1) is 16.3 Å². The molecule has 18 heavy (non-hydrogen) atoms. The summed E-state index contributed by atoms with van der Waals surface area (Å²) in [7, 11) is 0. The van der Waals surface area contributed by atoms with Crippen molar-refractivity contribution in [2.45, 2.75) is 6.54 Å². The molecule has 2 aromatic rings. The second-order valence-electron chi connectivity index (χ2n) is 3.66. The van der Waals surface area contributed by atoms with Gasteiger partial charge < -0.3 is 10.5 Å². The number of benzene rings is 1. The summed E-state index contributed by atoms with van der Waals surface area (Å²) in [6, 6.07) is 7.47. The Bertz CT molecular complexity index is 556. The molecule has 94 valence electrons. The van der Waals surface area contributed by atoms with Gasteiger partial charge in [-0.3, -0.25) is 4.68 Å². The Balaban J connectivity index is 1.90. The Morgan fingerprint density at radius 1 is 1.50 bits per heavy atom. The predicted molar refractivity (Wildman–Crippen MR) is 82.8 cm³/mol. The van der Waals surface area contributed by atoms with Gasteiger partial charge in [-0.1, -0.05) is 24.4 Å². The smallest absolute Gasteiger partial charge is 0.120 e. The van der Waals surface area contributed by atoms with Crippen molar-refractivity contribution in [2.75, 3.05) is 6.61 Å². The number of rotatable bonds is 5. The quantitative estimate of drug-likeness (QED) is 0.645. The molecule has 1 heterocycles. The van der Waals surface area contributed by atoms with E-state index >= 15 is 0 Å². The van der Waals surface area contributed by atoms with Crippen LogP contribution in [0.3, 0.4) is 0 Å². The van der Waals surface area contributed by atoms with Gasteiger partial charge in [-0.15, -0.1) is 0 Å². The Morgan fingerprint density at radius 3 is 3.00 bits per heavy atom. The SMILES string of the molecule is NC(=S)c1cccc(OCCn2cc(I)cn2)c1. The molecule has 0 unspecified atom stereocenters. The van der Waals surface area contributed by atoms with Gasteiger partial charge >= 0.3 is 0 Å². The maximum atomic E-state index is 5.63. The largest absolute Gasteiger partial charge is 0.492 e. The minimum atomic E-state index is 0.377. The van der Waals surface area contributed by atoms with E-state index in [1.54, 1.807) is 0 Å². The van der Waals surface area contributed by atoms with Gasteiger partial charge in [-0.2, -0.15) is 5.10 Å². The first-order chi connectivity index (χ1) is 8.65. The molecular formula is C12H12IN3OS. The van der Waals surface area contributed by atoms with Crippen molar-refractivity contribution in [2.24, 2.45) is 5.73 Å². The third-order valence-corrected chi connectivity index (χ3v) is 3.10. The number of thiocarbonyl (C=S) groups is 1. The van der Waals surface area contributed by atoms with Crippen LogP contribution in [0.15, 0.2) is 36.7 Å². The summed E-state index contributed by atoms with van der Waals surface area (Å²) in [5, 5.41) is 4.18. The minimum absolute atomic E-state index is 0.377. The topological polar surface area (TPSA) is 53.1 Å². The molecule has 0 amide bonds. The molecule has 2 rings (SSSR count). The molecule has 0 fully saturated rings. The summed E-state index contributed by atoms with van der Waals surface area (Å²) in [4.78, 5) is 0.377. The monoisotopic (exact) mass is 373 g/mol. The number of hydrogen-bond acceptors (Lipinski definition) is 3. The van der Waals surface area contributed by atoms with Crippen molar-refractivity contribution >= 4 is 39.8 Å². The average molecular weight is 373 g/mol. The number of nitrogens with zero attached hydrogens (tertiary/aromatic N) is 2. The zero-order valence-electron chi connectivity index (χ0n) is 9.54. The fourth-order valence-corrected chi connectivity index (χ4v) is 2.03. The number of hydrogen-bond donors (Lipinski definition) is 1. The van der Waals surface area contributed by atoms with Crippen LogP contribution < -0.4 is 10.5 Å². The standard InChI is InChI=1S/C12H12IN3OS/c13-10-7-15-16(8-10)4-5-17-11-3-1-2-9(6-11)12(14)18/h1-3,6-8H,4-5H2,(H2,14,18). The minimum Gasteiger partial charge on any atom is -0.492 e. The summed E-state index contributed by atoms with van der Waals surface area (Å²) in [6.45, 7) is 1.26. The van der Waals surface area contributed by atoms with Crippen LogP contribution in [-0.4, -0.2) is 21.4 Å². The van der Waals surface area contributed by atoms with E-state index in [-0.39, 0.29) is 0 Å². The van der Waals surface area contributed by atoms with E-state index in [1.807, 2.05) is 41.3 Å². The third kappa shape index (κ3) is 3.67. The van der Waals surface area contributed by atoms with Gasteiger partial charge in [0.2, 0.25) is 0 Å². The first-order valence-electron chi connectivity index (χ1n) is 5.36. The molecule has 2 N–H and O–H groups in total. The lowest BCUT2D eigenvalue weighted by Crippen LogP contribution is -2.11. The number of ether oxygens (including phenoxy) is 1. The van der Waals surface area contributed by atoms with Crippen molar-refractivity contribution in [1.29, 1.82) is 0 Å². The van der Waals surface area contributed by atoms with Gasteiger partial charge in [0.1, 0.15) is 17.3 Å². The van der Waals surface area contributed by atoms with E-state index in [0.29, 0.717) is 18.1 Å². The molecule has 4 nitrogen and oxygen atoms in total. The van der Waals surface area contributed by atoms with Gasteiger partial charge in [0, 0.05) is 11.8 Å². The summed E-state index contributed by atoms with van der Waals surface area (Å²) < 4.78 is 8.59. The van der Waals surface area contributed by atoms with Crippen molar-refractivity contribution in [1.82, 2.24) is 9.78 Å². The van der Waals surface area contributed by atoms with E-state index in [1.165, 1.54) is 0 Å². The summed E-state index contributed by atoms with van der Waals surface area (Å²) in [6.07, 6.45) is 3.78. The van der Waals surface area contributed by atoms with Crippen LogP contribution in [0.4, 0.5) is 0 Å². The normalized spacial score (nSPS) is 10.3. The van der Waals surface area contributed by atoms with Gasteiger partial charge in [0.25, 0.3) is 0 Å². The molecular weight excluding hydrogens is 361 g/mol. The molecule has 0 radical (unpaired) electrons. The highest BCUT2D eigenvalue weighted by atomic mass is 127. The highest BCUT2D eigenvalue weighted by Crippen LogP contribution is 2.13. The molecule has 0 saturated heterocycles. The maximum Gasteiger partial charge on any atom is 0.120 e. The molecule has 6 heteroatoms. The summed E-state index contributed by atoms with van der Waals surface area (Å²) >= 11 is 7.14. The summed E-state index contributed by atoms with van der Waals surface area (Å²) in [5.74, 6) is 0.766. The Hall–Kier alpha value is -1.15. The predicted octanol–water partition coefficient (Wildman–Crippen LogP) is 2.20. The zero-order valence-corrected chi connectivity index (χ0v) is 12.5. The molecule has 0 aliphatic heterocycles. The molecule has 0 spiro atoms. The lowest BCUT2D eigenvalue weighted by Gasteiger charge is -2.07. The molecule has 0 atom stereocenters. The number of halogens is 1. The maximum absolute atomic E-state index is 5.63. The third-order valence-electron chi connectivity index (χ3n) is 2.31. The second-order valence-corrected chi connectivity index (χ2v) is 5.35. The van der Waals surface area contributed by atoms with Crippen molar-refractivity contribution in [3.8, 4) is 5.75 Å². The van der Waals surface area contributed by atoms with Gasteiger partial charge in [-0.25, -0.2) is 0 Å². The first-order valence-corrected chi connectivity index (χ1v) is 6.84. The van der Waals surface area contributed by atoms with E-state index in [0.717, 1.165) is 14.9 Å². The van der Waals surface area contributed by atoms with Crippen molar-refractivity contribution < 1.29 is 4.74 Å². The van der Waals surface area contributed by atoms with Gasteiger partial charge in [0.15, 0.2) is 0 Å². The lowest BCUT2D eigenvalue weighted by atomic mass is 10.2. The molecule has 0 aliphatic rings. The summed E-state index contributed by atoms with van der Waals surface area (Å²) in [5.41, 5.74) is 6.38. The lowest BCUT2D eigenvalue weighted by molar-refractivity contribution is 0.291. The number of nitrogens with two attached hydrogens (primary N) is 1. The zero-order chi connectivity index (χ0) is 13.0. The highest BCUT2D eigenvalue weighted by Gasteiger charge is 2.00. The first kappa shape index (κ1) is 13.3. The van der Waals surface area contributed by atoms with E-state index in [9.17, 15) is 0 Å². The van der Waals surface area contributed by atoms with E-state index < -0.39 is 0 Å². The Morgan fingerprint density at radius 2 is 2.33 bits per heavy atom. The second kappa shape index (κ2) is 6.14. The van der Waals surface area contributed by atoms with Crippen LogP contribution in [0.2, 0.25) is 0 Å². The molecule has 0 aliphatic carbocycles. The number of aromatic nitrogens is 2. The van der Waals surface area contributed by atoms with Crippen molar-refractivity contribution in [3.63, 3.8) is 0 Å². The Labute approximate surface area is 124 Å². The van der Waals surface area contributed by atoms with E-state index in [2.05, 4.69) is 27.7 Å². The Kier molecular flexibility index (Phi) is 4.54. The van der Waals surface area contributed by atoms with Crippen LogP contribution in [-0.2, 0) is 6.54 Å². The van der Waals surface area contributed by atoms with Crippen LogP contribution in [0.1, 0.15) is 5.56 Å². The van der Waals surface area contributed by atoms with Crippen LogP contribution >= 0.6 is 34.8 Å². The van der Waals surface area contributed by atoms with Crippen LogP contribution in [0, 0.1) is 3.57 Å². The molecule has 1 aromatic heterocycles. The van der Waals surface area contributed by atoms with Crippen LogP contribution in [0.25, 0.3) is 0 Å². The average Bonchev–Trinajstić information content (AvgIpc) is 2.75. The molecule has 1 aromatic carbocycles. The fraction of sp³-hybridized carbons (Fsp3) is 0.167. The fourth-order valence-electron chi connectivity index (χ4n) is 1.46. The molecule has 0 saturated carbocycles. The van der Waals surface area contributed by atoms with Crippen molar-refractivity contribution in [3.05, 3.63) is 45.8 Å².